The van der Waals surface area contributed by atoms with Crippen LogP contribution in [0.25, 0.3) is 0 Å². The zero-order valence-electron chi connectivity index (χ0n) is 11.0. The zero-order chi connectivity index (χ0) is 12.2. The van der Waals surface area contributed by atoms with Crippen molar-refractivity contribution in [2.75, 3.05) is 7.11 Å². The lowest BCUT2D eigenvalue weighted by Crippen LogP contribution is -2.15. The van der Waals surface area contributed by atoms with Crippen LogP contribution >= 0.6 is 0 Å². The Morgan fingerprint density at radius 2 is 1.94 bits per heavy atom. The molecule has 94 valence electrons. The molecular formula is C14H26O2. The summed E-state index contributed by atoms with van der Waals surface area (Å²) >= 11 is 0. The molecule has 0 saturated heterocycles. The van der Waals surface area contributed by atoms with Gasteiger partial charge in [-0.2, -0.15) is 0 Å². The predicted octanol–water partition coefficient (Wildman–Crippen LogP) is 4.10. The van der Waals surface area contributed by atoms with Gasteiger partial charge in [-0.05, 0) is 32.1 Å². The molecule has 1 atom stereocenters. The highest BCUT2D eigenvalue weighted by molar-refractivity contribution is 5.72. The molecule has 1 unspecified atom stereocenters. The largest absolute Gasteiger partial charge is 0.469 e. The van der Waals surface area contributed by atoms with E-state index in [1.807, 2.05) is 0 Å². The molecule has 0 rings (SSSR count). The smallest absolute Gasteiger partial charge is 0.308 e. The van der Waals surface area contributed by atoms with E-state index in [-0.39, 0.29) is 11.9 Å². The van der Waals surface area contributed by atoms with Gasteiger partial charge < -0.3 is 4.74 Å². The minimum Gasteiger partial charge on any atom is -0.469 e. The highest BCUT2D eigenvalue weighted by Gasteiger charge is 2.16. The van der Waals surface area contributed by atoms with Crippen LogP contribution in [0.1, 0.15) is 58.8 Å². The van der Waals surface area contributed by atoms with Gasteiger partial charge in [0.25, 0.3) is 0 Å². The van der Waals surface area contributed by atoms with Gasteiger partial charge in [0.05, 0.1) is 13.0 Å². The SMILES string of the molecule is CCC=CCCCCC(CCC)C(=O)OC. The average molecular weight is 226 g/mol. The molecule has 0 radical (unpaired) electrons. The fraction of sp³-hybridized carbons (Fsp3) is 0.786. The molecule has 0 saturated carbocycles. The Morgan fingerprint density at radius 3 is 2.50 bits per heavy atom. The Hall–Kier alpha value is -0.790. The third-order valence-corrected chi connectivity index (χ3v) is 2.75. The van der Waals surface area contributed by atoms with Crippen LogP contribution < -0.4 is 0 Å². The van der Waals surface area contributed by atoms with Crippen LogP contribution in [0, 0.1) is 5.92 Å². The maximum Gasteiger partial charge on any atom is 0.308 e. The number of allylic oxidation sites excluding steroid dienone is 2. The van der Waals surface area contributed by atoms with E-state index in [4.69, 9.17) is 4.74 Å². The van der Waals surface area contributed by atoms with Crippen molar-refractivity contribution < 1.29 is 9.53 Å². The van der Waals surface area contributed by atoms with Gasteiger partial charge in [0.1, 0.15) is 0 Å². The molecule has 0 aliphatic rings. The molecule has 0 aromatic carbocycles. The van der Waals surface area contributed by atoms with E-state index < -0.39 is 0 Å². The Labute approximate surface area is 100 Å². The fourth-order valence-corrected chi connectivity index (χ4v) is 1.83. The van der Waals surface area contributed by atoms with Crippen LogP contribution in [0.5, 0.6) is 0 Å². The van der Waals surface area contributed by atoms with Crippen LogP contribution in [0.3, 0.4) is 0 Å². The third-order valence-electron chi connectivity index (χ3n) is 2.75. The number of rotatable bonds is 9. The number of hydrogen-bond acceptors (Lipinski definition) is 2. The van der Waals surface area contributed by atoms with E-state index in [9.17, 15) is 4.79 Å². The summed E-state index contributed by atoms with van der Waals surface area (Å²) in [6.07, 6.45) is 11.9. The fourth-order valence-electron chi connectivity index (χ4n) is 1.83. The summed E-state index contributed by atoms with van der Waals surface area (Å²) in [5, 5.41) is 0. The van der Waals surface area contributed by atoms with Gasteiger partial charge in [0, 0.05) is 0 Å². The second-order valence-electron chi connectivity index (χ2n) is 4.17. The second-order valence-corrected chi connectivity index (χ2v) is 4.17. The molecule has 2 nitrogen and oxygen atoms in total. The lowest BCUT2D eigenvalue weighted by molar-refractivity contribution is -0.146. The predicted molar refractivity (Wildman–Crippen MR) is 68.3 cm³/mol. The Morgan fingerprint density at radius 1 is 1.19 bits per heavy atom. The highest BCUT2D eigenvalue weighted by Crippen LogP contribution is 2.17. The Kier molecular flexibility index (Phi) is 10.2. The molecule has 2 heteroatoms. The van der Waals surface area contributed by atoms with E-state index in [1.165, 1.54) is 13.5 Å². The first-order chi connectivity index (χ1) is 7.76. The van der Waals surface area contributed by atoms with Crippen LogP contribution in [0.4, 0.5) is 0 Å². The Bertz CT molecular complexity index is 197. The minimum atomic E-state index is -0.0362. The molecule has 0 aromatic rings. The van der Waals surface area contributed by atoms with E-state index in [2.05, 4.69) is 26.0 Å². The molecule has 0 amide bonds. The second kappa shape index (κ2) is 10.7. The first kappa shape index (κ1) is 15.2. The van der Waals surface area contributed by atoms with E-state index in [0.717, 1.165) is 38.5 Å². The summed E-state index contributed by atoms with van der Waals surface area (Å²) in [5.74, 6) is 0.0797. The summed E-state index contributed by atoms with van der Waals surface area (Å²) in [5.41, 5.74) is 0. The lowest BCUT2D eigenvalue weighted by atomic mass is 9.96. The van der Waals surface area contributed by atoms with Crippen molar-refractivity contribution in [3.05, 3.63) is 12.2 Å². The van der Waals surface area contributed by atoms with Crippen molar-refractivity contribution in [3.8, 4) is 0 Å². The molecule has 0 fully saturated rings. The normalized spacial score (nSPS) is 12.9. The first-order valence-corrected chi connectivity index (χ1v) is 6.49. The van der Waals surface area contributed by atoms with Crippen molar-refractivity contribution in [1.82, 2.24) is 0 Å². The summed E-state index contributed by atoms with van der Waals surface area (Å²) in [6, 6.07) is 0. The van der Waals surface area contributed by atoms with Gasteiger partial charge in [-0.1, -0.05) is 38.8 Å². The van der Waals surface area contributed by atoms with Crippen LogP contribution in [0.2, 0.25) is 0 Å². The number of esters is 1. The summed E-state index contributed by atoms with van der Waals surface area (Å²) < 4.78 is 4.81. The molecule has 0 bridgehead atoms. The van der Waals surface area contributed by atoms with Gasteiger partial charge >= 0.3 is 5.97 Å². The molecule has 16 heavy (non-hydrogen) atoms. The number of carbonyl (C=O) groups is 1. The zero-order valence-corrected chi connectivity index (χ0v) is 11.0. The first-order valence-electron chi connectivity index (χ1n) is 6.49. The number of carbonyl (C=O) groups excluding carboxylic acids is 1. The molecule has 0 spiro atoms. The molecule has 0 aliphatic heterocycles. The van der Waals surface area contributed by atoms with Crippen molar-refractivity contribution in [1.29, 1.82) is 0 Å². The topological polar surface area (TPSA) is 26.3 Å². The highest BCUT2D eigenvalue weighted by atomic mass is 16.5. The van der Waals surface area contributed by atoms with Crippen LogP contribution in [0.15, 0.2) is 12.2 Å². The average Bonchev–Trinajstić information content (AvgIpc) is 2.31. The molecule has 0 aliphatic carbocycles. The maximum atomic E-state index is 11.4. The molecule has 0 heterocycles. The number of unbranched alkanes of at least 4 members (excludes halogenated alkanes) is 2. The van der Waals surface area contributed by atoms with Crippen molar-refractivity contribution >= 4 is 5.97 Å². The molecule has 0 N–H and O–H groups in total. The van der Waals surface area contributed by atoms with E-state index in [1.54, 1.807) is 0 Å². The summed E-state index contributed by atoms with van der Waals surface area (Å²) in [6.45, 7) is 4.25. The van der Waals surface area contributed by atoms with Crippen molar-refractivity contribution in [2.24, 2.45) is 5.92 Å². The number of ether oxygens (including phenoxy) is 1. The van der Waals surface area contributed by atoms with E-state index >= 15 is 0 Å². The van der Waals surface area contributed by atoms with Gasteiger partial charge in [-0.15, -0.1) is 0 Å². The van der Waals surface area contributed by atoms with Gasteiger partial charge in [0.15, 0.2) is 0 Å². The number of hydrogen-bond donors (Lipinski definition) is 0. The van der Waals surface area contributed by atoms with Gasteiger partial charge in [-0.25, -0.2) is 0 Å². The monoisotopic (exact) mass is 226 g/mol. The van der Waals surface area contributed by atoms with Crippen LogP contribution in [-0.2, 0) is 9.53 Å². The quantitative estimate of drug-likeness (QED) is 0.336. The van der Waals surface area contributed by atoms with Crippen molar-refractivity contribution in [3.63, 3.8) is 0 Å². The molecular weight excluding hydrogens is 200 g/mol. The summed E-state index contributed by atoms with van der Waals surface area (Å²) in [7, 11) is 1.48. The van der Waals surface area contributed by atoms with Crippen molar-refractivity contribution in [2.45, 2.75) is 58.8 Å². The Balaban J connectivity index is 3.67. The summed E-state index contributed by atoms with van der Waals surface area (Å²) in [4.78, 5) is 11.4. The standard InChI is InChI=1S/C14H26O2/c1-4-6-7-8-9-10-12-13(11-5-2)14(15)16-3/h6-7,13H,4-5,8-12H2,1-3H3. The third kappa shape index (κ3) is 7.49. The van der Waals surface area contributed by atoms with E-state index in [0.29, 0.717) is 0 Å². The minimum absolute atomic E-state index is 0.0362. The van der Waals surface area contributed by atoms with Crippen LogP contribution in [-0.4, -0.2) is 13.1 Å². The van der Waals surface area contributed by atoms with Gasteiger partial charge in [-0.3, -0.25) is 4.79 Å². The molecule has 0 aromatic heterocycles. The maximum absolute atomic E-state index is 11.4. The lowest BCUT2D eigenvalue weighted by Gasteiger charge is -2.12. The van der Waals surface area contributed by atoms with Gasteiger partial charge in [0.2, 0.25) is 0 Å². The number of methoxy groups -OCH3 is 1.